The van der Waals surface area contributed by atoms with E-state index in [1.165, 1.54) is 19.2 Å². The maximum Gasteiger partial charge on any atom is 0.490 e. The van der Waals surface area contributed by atoms with Crippen LogP contribution in [-0.2, 0) is 32.0 Å². The smallest absolute Gasteiger partial charge is 0.475 e. The number of alkyl halides is 3. The first-order valence-electron chi connectivity index (χ1n) is 14.1. The first-order valence-corrected chi connectivity index (χ1v) is 14.5. The van der Waals surface area contributed by atoms with Gasteiger partial charge in [0.15, 0.2) is 0 Å². The number of alkyl carbamates (subject to hydrolysis) is 1. The second-order valence-corrected chi connectivity index (χ2v) is 10.6. The Morgan fingerprint density at radius 1 is 1.07 bits per heavy atom. The molecule has 1 aliphatic rings. The predicted molar refractivity (Wildman–Crippen MR) is 158 cm³/mol. The van der Waals surface area contributed by atoms with E-state index in [-0.39, 0.29) is 30.1 Å². The highest BCUT2D eigenvalue weighted by molar-refractivity contribution is 6.31. The number of carboxylic acids is 1. The topological polar surface area (TPSA) is 128 Å². The van der Waals surface area contributed by atoms with Gasteiger partial charge in [-0.1, -0.05) is 55.3 Å². The Bertz CT molecular complexity index is 1300. The molecule has 3 atom stereocenters. The van der Waals surface area contributed by atoms with E-state index in [9.17, 15) is 31.9 Å². The van der Waals surface area contributed by atoms with Gasteiger partial charge in [-0.2, -0.15) is 13.2 Å². The zero-order valence-electron chi connectivity index (χ0n) is 25.1. The molecule has 1 heterocycles. The minimum Gasteiger partial charge on any atom is -0.475 e. The standard InChI is InChI=1S/C28H36ClFN4O4.C2HF3O2/c1-4-7-22-18-33(25(26(35)31-2)17-20-8-5-6-9-23(20)29)14-15-34(22)27(36)24(32-28(37)38-3)16-19-10-12-21(30)13-11-19;3-2(4,5)1(6)7/h5-6,8-13,22,24-25H,4,7,14-18H2,1-3H3,(H,31,35)(H,32,37);(H,6,7). The van der Waals surface area contributed by atoms with Crippen molar-refractivity contribution >= 4 is 35.5 Å². The predicted octanol–water partition coefficient (Wildman–Crippen LogP) is 4.05. The number of piperazine rings is 1. The molecule has 3 amide bonds. The van der Waals surface area contributed by atoms with Gasteiger partial charge in [-0.25, -0.2) is 14.0 Å². The monoisotopic (exact) mass is 660 g/mol. The Morgan fingerprint density at radius 2 is 1.69 bits per heavy atom. The fourth-order valence-electron chi connectivity index (χ4n) is 4.92. The average Bonchev–Trinajstić information content (AvgIpc) is 3.00. The molecule has 10 nitrogen and oxygen atoms in total. The van der Waals surface area contributed by atoms with Crippen LogP contribution in [0.3, 0.4) is 0 Å². The van der Waals surface area contributed by atoms with Gasteiger partial charge in [-0.05, 0) is 42.2 Å². The Kier molecular flexibility index (Phi) is 14.5. The van der Waals surface area contributed by atoms with Crippen LogP contribution in [0.15, 0.2) is 48.5 Å². The fourth-order valence-corrected chi connectivity index (χ4v) is 5.13. The maximum atomic E-state index is 13.8. The summed E-state index contributed by atoms with van der Waals surface area (Å²) in [5.74, 6) is -3.48. The number of halogens is 5. The van der Waals surface area contributed by atoms with Crippen molar-refractivity contribution in [2.75, 3.05) is 33.8 Å². The number of ether oxygens (including phenoxy) is 1. The van der Waals surface area contributed by atoms with Crippen LogP contribution in [0.5, 0.6) is 0 Å². The Morgan fingerprint density at radius 3 is 2.22 bits per heavy atom. The number of hydrogen-bond donors (Lipinski definition) is 3. The number of aliphatic carboxylic acids is 1. The summed E-state index contributed by atoms with van der Waals surface area (Å²) >= 11 is 6.39. The number of carbonyl (C=O) groups excluding carboxylic acids is 3. The van der Waals surface area contributed by atoms with Crippen LogP contribution in [0, 0.1) is 5.82 Å². The lowest BCUT2D eigenvalue weighted by atomic mass is 9.98. The summed E-state index contributed by atoms with van der Waals surface area (Å²) < 4.78 is 49.9. The molecule has 45 heavy (non-hydrogen) atoms. The zero-order valence-corrected chi connectivity index (χ0v) is 25.8. The third-order valence-electron chi connectivity index (χ3n) is 7.15. The number of carboxylic acid groups (broad SMARTS) is 1. The fraction of sp³-hybridized carbons (Fsp3) is 0.467. The zero-order chi connectivity index (χ0) is 33.7. The quantitative estimate of drug-likeness (QED) is 0.328. The maximum absolute atomic E-state index is 13.8. The number of amides is 3. The minimum absolute atomic E-state index is 0.110. The molecule has 15 heteroatoms. The van der Waals surface area contributed by atoms with Crippen molar-refractivity contribution in [2.45, 2.75) is 56.9 Å². The van der Waals surface area contributed by atoms with Crippen LogP contribution >= 0.6 is 11.6 Å². The van der Waals surface area contributed by atoms with Gasteiger partial charge in [0.1, 0.15) is 11.9 Å². The molecule has 3 unspecified atom stereocenters. The summed E-state index contributed by atoms with van der Waals surface area (Å²) in [4.78, 5) is 51.6. The first-order chi connectivity index (χ1) is 21.2. The van der Waals surface area contributed by atoms with Gasteiger partial charge in [0.25, 0.3) is 0 Å². The Hall–Kier alpha value is -3.91. The number of rotatable bonds is 10. The summed E-state index contributed by atoms with van der Waals surface area (Å²) in [5, 5.41) is 13.2. The van der Waals surface area contributed by atoms with Gasteiger partial charge in [0, 0.05) is 44.2 Å². The summed E-state index contributed by atoms with van der Waals surface area (Å²) in [7, 11) is 2.86. The molecule has 3 rings (SSSR count). The highest BCUT2D eigenvalue weighted by atomic mass is 35.5. The Labute approximate surface area is 263 Å². The van der Waals surface area contributed by atoms with Crippen LogP contribution < -0.4 is 10.6 Å². The molecule has 1 fully saturated rings. The molecular weight excluding hydrogens is 624 g/mol. The molecule has 2 aromatic rings. The molecule has 1 aliphatic heterocycles. The molecule has 0 aromatic heterocycles. The highest BCUT2D eigenvalue weighted by Gasteiger charge is 2.39. The van der Waals surface area contributed by atoms with E-state index >= 15 is 0 Å². The second kappa shape index (κ2) is 17.5. The minimum atomic E-state index is -5.08. The number of carbonyl (C=O) groups is 4. The molecule has 0 spiro atoms. The van der Waals surface area contributed by atoms with Gasteiger partial charge in [-0.3, -0.25) is 14.5 Å². The van der Waals surface area contributed by atoms with Crippen molar-refractivity contribution in [3.05, 3.63) is 70.5 Å². The van der Waals surface area contributed by atoms with Gasteiger partial charge >= 0.3 is 18.2 Å². The van der Waals surface area contributed by atoms with Crippen molar-refractivity contribution in [1.29, 1.82) is 0 Å². The first kappa shape index (κ1) is 37.3. The number of likely N-dealkylation sites (N-methyl/N-ethyl adjacent to an activating group) is 1. The third kappa shape index (κ3) is 11.5. The normalized spacial score (nSPS) is 16.4. The highest BCUT2D eigenvalue weighted by Crippen LogP contribution is 2.23. The van der Waals surface area contributed by atoms with Crippen molar-refractivity contribution in [2.24, 2.45) is 0 Å². The molecule has 0 aliphatic carbocycles. The molecule has 0 bridgehead atoms. The molecule has 3 N–H and O–H groups in total. The number of nitrogens with zero attached hydrogens (tertiary/aromatic N) is 2. The van der Waals surface area contributed by atoms with E-state index < -0.39 is 30.3 Å². The molecule has 248 valence electrons. The molecular formula is C30H37ClF4N4O6. The van der Waals surface area contributed by atoms with Crippen molar-refractivity contribution in [3.8, 4) is 0 Å². The van der Waals surface area contributed by atoms with E-state index in [1.54, 1.807) is 24.1 Å². The lowest BCUT2D eigenvalue weighted by molar-refractivity contribution is -0.192. The number of hydrogen-bond acceptors (Lipinski definition) is 6. The van der Waals surface area contributed by atoms with Crippen LogP contribution in [0.2, 0.25) is 5.02 Å². The van der Waals surface area contributed by atoms with E-state index in [1.807, 2.05) is 31.2 Å². The van der Waals surface area contributed by atoms with Crippen LogP contribution in [-0.4, -0.2) is 96.9 Å². The van der Waals surface area contributed by atoms with E-state index in [4.69, 9.17) is 26.2 Å². The largest absolute Gasteiger partial charge is 0.490 e. The van der Waals surface area contributed by atoms with E-state index in [0.717, 1.165) is 18.4 Å². The van der Waals surface area contributed by atoms with Crippen molar-refractivity contribution in [1.82, 2.24) is 20.4 Å². The Balaban J connectivity index is 0.000000900. The number of benzene rings is 2. The van der Waals surface area contributed by atoms with E-state index in [2.05, 4.69) is 15.5 Å². The SMILES string of the molecule is CCCC1CN(C(Cc2ccccc2Cl)C(=O)NC)CCN1C(=O)C(Cc1ccc(F)cc1)NC(=O)OC.O=C(O)C(F)(F)F. The van der Waals surface area contributed by atoms with Gasteiger partial charge in [0.2, 0.25) is 11.8 Å². The summed E-state index contributed by atoms with van der Waals surface area (Å²) in [6, 6.07) is 11.8. The second-order valence-electron chi connectivity index (χ2n) is 10.2. The van der Waals surface area contributed by atoms with Crippen LogP contribution in [0.25, 0.3) is 0 Å². The van der Waals surface area contributed by atoms with Crippen LogP contribution in [0.1, 0.15) is 30.9 Å². The van der Waals surface area contributed by atoms with Crippen molar-refractivity contribution < 1.29 is 46.6 Å². The lowest BCUT2D eigenvalue weighted by Gasteiger charge is -2.45. The summed E-state index contributed by atoms with van der Waals surface area (Å²) in [6.45, 7) is 3.42. The summed E-state index contributed by atoms with van der Waals surface area (Å²) in [6.07, 6.45) is -3.58. The molecule has 1 saturated heterocycles. The summed E-state index contributed by atoms with van der Waals surface area (Å²) in [5.41, 5.74) is 1.60. The van der Waals surface area contributed by atoms with Gasteiger partial charge in [0.05, 0.1) is 13.2 Å². The lowest BCUT2D eigenvalue weighted by Crippen LogP contribution is -2.63. The molecule has 0 saturated carbocycles. The van der Waals surface area contributed by atoms with Gasteiger partial charge < -0.3 is 25.4 Å². The van der Waals surface area contributed by atoms with Crippen LogP contribution in [0.4, 0.5) is 22.4 Å². The number of methoxy groups -OCH3 is 1. The van der Waals surface area contributed by atoms with Crippen molar-refractivity contribution in [3.63, 3.8) is 0 Å². The van der Waals surface area contributed by atoms with E-state index in [0.29, 0.717) is 36.6 Å². The average molecular weight is 661 g/mol. The number of nitrogens with one attached hydrogen (secondary N) is 2. The van der Waals surface area contributed by atoms with Gasteiger partial charge in [-0.15, -0.1) is 0 Å². The third-order valence-corrected chi connectivity index (χ3v) is 7.52. The molecule has 2 aromatic carbocycles. The molecule has 0 radical (unpaired) electrons.